The quantitative estimate of drug-likeness (QED) is 0.872. The van der Waals surface area contributed by atoms with Gasteiger partial charge in [-0.15, -0.1) is 0 Å². The zero-order valence-electron chi connectivity index (χ0n) is 10.1. The summed E-state index contributed by atoms with van der Waals surface area (Å²) in [5.74, 6) is 0. The van der Waals surface area contributed by atoms with Crippen molar-refractivity contribution in [2.75, 3.05) is 6.54 Å². The third-order valence-corrected chi connectivity index (χ3v) is 3.19. The highest BCUT2D eigenvalue weighted by molar-refractivity contribution is 5.71. The molecule has 0 aliphatic carbocycles. The molecule has 1 N–H and O–H groups in total. The average Bonchev–Trinajstić information content (AvgIpc) is 2.64. The molecule has 0 unspecified atom stereocenters. The molecule has 92 valence electrons. The first kappa shape index (κ1) is 11.9. The lowest BCUT2D eigenvalue weighted by molar-refractivity contribution is 0.130. The fourth-order valence-electron chi connectivity index (χ4n) is 2.24. The van der Waals surface area contributed by atoms with Crippen LogP contribution in [0.25, 0.3) is 0 Å². The number of benzene rings is 1. The summed E-state index contributed by atoms with van der Waals surface area (Å²) in [5.41, 5.74) is 1.77. The summed E-state index contributed by atoms with van der Waals surface area (Å²) in [4.78, 5) is 13.3. The Bertz CT molecular complexity index is 419. The van der Waals surface area contributed by atoms with Crippen LogP contribution in [0.3, 0.4) is 0 Å². The molecule has 0 spiro atoms. The number of carbonyl (C=O) groups is 1. The van der Waals surface area contributed by atoms with Gasteiger partial charge in [0.25, 0.3) is 0 Å². The second-order valence-corrected chi connectivity index (χ2v) is 4.23. The minimum atomic E-state index is -0.264. The van der Waals surface area contributed by atoms with E-state index in [9.17, 15) is 4.79 Å². The predicted octanol–water partition coefficient (Wildman–Crippen LogP) is 2.08. The molecule has 1 amide bonds. The number of cyclic esters (lactones) is 1. The Kier molecular flexibility index (Phi) is 3.33. The van der Waals surface area contributed by atoms with E-state index in [4.69, 9.17) is 9.84 Å². The lowest BCUT2D eigenvalue weighted by Gasteiger charge is -2.19. The molecular weight excluding hydrogens is 218 g/mol. The van der Waals surface area contributed by atoms with E-state index in [1.54, 1.807) is 4.90 Å². The molecule has 1 aliphatic heterocycles. The van der Waals surface area contributed by atoms with Crippen LogP contribution in [0.2, 0.25) is 0 Å². The molecular formula is C13H17NO3. The third-order valence-electron chi connectivity index (χ3n) is 3.19. The standard InChI is InChI=1S/C13H17NO3/c1-3-14-9(2)12(17-13(14)16)11-6-4-5-10(7-11)8-15/h4-7,9,12,15H,3,8H2,1-2H3/t9-,12-/m0/s1. The van der Waals surface area contributed by atoms with Crippen molar-refractivity contribution in [2.24, 2.45) is 0 Å². The molecule has 0 aromatic heterocycles. The first-order chi connectivity index (χ1) is 8.17. The SMILES string of the molecule is CCN1C(=O)O[C@H](c2cccc(CO)c2)[C@@H]1C. The molecule has 1 aromatic carbocycles. The van der Waals surface area contributed by atoms with Gasteiger partial charge in [0.1, 0.15) is 6.10 Å². The van der Waals surface area contributed by atoms with Crippen molar-refractivity contribution >= 4 is 6.09 Å². The van der Waals surface area contributed by atoms with E-state index in [2.05, 4.69) is 0 Å². The molecule has 0 saturated carbocycles. The second-order valence-electron chi connectivity index (χ2n) is 4.23. The summed E-state index contributed by atoms with van der Waals surface area (Å²) in [7, 11) is 0. The van der Waals surface area contributed by atoms with Crippen molar-refractivity contribution in [1.82, 2.24) is 4.90 Å². The number of aliphatic hydroxyl groups is 1. The maximum Gasteiger partial charge on any atom is 0.410 e. The van der Waals surface area contributed by atoms with Gasteiger partial charge in [-0.1, -0.05) is 18.2 Å². The highest BCUT2D eigenvalue weighted by atomic mass is 16.6. The number of amides is 1. The maximum atomic E-state index is 11.6. The van der Waals surface area contributed by atoms with Crippen LogP contribution in [-0.4, -0.2) is 28.7 Å². The molecule has 0 bridgehead atoms. The monoisotopic (exact) mass is 235 g/mol. The average molecular weight is 235 g/mol. The van der Waals surface area contributed by atoms with E-state index < -0.39 is 0 Å². The zero-order chi connectivity index (χ0) is 12.4. The molecule has 4 nitrogen and oxygen atoms in total. The van der Waals surface area contributed by atoms with Gasteiger partial charge in [-0.3, -0.25) is 0 Å². The van der Waals surface area contributed by atoms with Crippen LogP contribution in [0.5, 0.6) is 0 Å². The molecule has 4 heteroatoms. The van der Waals surface area contributed by atoms with Gasteiger partial charge in [-0.2, -0.15) is 0 Å². The smallest absolute Gasteiger partial charge is 0.410 e. The maximum absolute atomic E-state index is 11.6. The number of aliphatic hydroxyl groups excluding tert-OH is 1. The molecule has 1 heterocycles. The van der Waals surface area contributed by atoms with E-state index in [-0.39, 0.29) is 24.8 Å². The molecule has 1 saturated heterocycles. The minimum absolute atomic E-state index is 0.000376. The first-order valence-corrected chi connectivity index (χ1v) is 5.84. The Morgan fingerprint density at radius 2 is 2.24 bits per heavy atom. The summed E-state index contributed by atoms with van der Waals surface area (Å²) in [6.45, 7) is 4.56. The van der Waals surface area contributed by atoms with Crippen molar-refractivity contribution in [3.8, 4) is 0 Å². The van der Waals surface area contributed by atoms with Gasteiger partial charge >= 0.3 is 6.09 Å². The first-order valence-electron chi connectivity index (χ1n) is 5.84. The fraction of sp³-hybridized carbons (Fsp3) is 0.462. The van der Waals surface area contributed by atoms with Crippen molar-refractivity contribution in [1.29, 1.82) is 0 Å². The van der Waals surface area contributed by atoms with Crippen LogP contribution < -0.4 is 0 Å². The summed E-state index contributed by atoms with van der Waals surface area (Å²) < 4.78 is 5.37. The van der Waals surface area contributed by atoms with Crippen LogP contribution in [0.1, 0.15) is 31.1 Å². The highest BCUT2D eigenvalue weighted by Crippen LogP contribution is 2.32. The van der Waals surface area contributed by atoms with Gasteiger partial charge in [-0.05, 0) is 31.0 Å². The Morgan fingerprint density at radius 3 is 2.82 bits per heavy atom. The van der Waals surface area contributed by atoms with Crippen LogP contribution in [0.4, 0.5) is 4.79 Å². The van der Waals surface area contributed by atoms with Gasteiger partial charge in [0.2, 0.25) is 0 Å². The van der Waals surface area contributed by atoms with Crippen molar-refractivity contribution in [3.05, 3.63) is 35.4 Å². The lowest BCUT2D eigenvalue weighted by Crippen LogP contribution is -2.31. The number of hydrogen-bond donors (Lipinski definition) is 1. The summed E-state index contributed by atoms with van der Waals surface area (Å²) in [6, 6.07) is 7.56. The number of nitrogens with zero attached hydrogens (tertiary/aromatic N) is 1. The zero-order valence-corrected chi connectivity index (χ0v) is 10.1. The van der Waals surface area contributed by atoms with E-state index >= 15 is 0 Å². The number of carbonyl (C=O) groups excluding carboxylic acids is 1. The number of ether oxygens (including phenoxy) is 1. The summed E-state index contributed by atoms with van der Waals surface area (Å²) in [6.07, 6.45) is -0.506. The predicted molar refractivity (Wildman–Crippen MR) is 63.4 cm³/mol. The van der Waals surface area contributed by atoms with Gasteiger partial charge in [-0.25, -0.2) is 4.79 Å². The number of likely N-dealkylation sites (N-methyl/N-ethyl adjacent to an activating group) is 1. The normalized spacial score (nSPS) is 23.9. The van der Waals surface area contributed by atoms with Gasteiger partial charge in [0.05, 0.1) is 12.6 Å². The molecule has 1 aliphatic rings. The third kappa shape index (κ3) is 2.13. The van der Waals surface area contributed by atoms with E-state index in [0.717, 1.165) is 11.1 Å². The Labute approximate surface area is 101 Å². The van der Waals surface area contributed by atoms with E-state index in [0.29, 0.717) is 6.54 Å². The Balaban J connectivity index is 2.25. The van der Waals surface area contributed by atoms with Crippen LogP contribution >= 0.6 is 0 Å². The van der Waals surface area contributed by atoms with Crippen molar-refractivity contribution in [2.45, 2.75) is 32.6 Å². The molecule has 1 aromatic rings. The topological polar surface area (TPSA) is 49.8 Å². The molecule has 1 fully saturated rings. The molecule has 17 heavy (non-hydrogen) atoms. The molecule has 2 rings (SSSR count). The van der Waals surface area contributed by atoms with Gasteiger partial charge in [0, 0.05) is 6.54 Å². The summed E-state index contributed by atoms with van der Waals surface area (Å²) >= 11 is 0. The largest absolute Gasteiger partial charge is 0.439 e. The Morgan fingerprint density at radius 1 is 1.47 bits per heavy atom. The summed E-state index contributed by atoms with van der Waals surface area (Å²) in [5, 5.41) is 9.10. The van der Waals surface area contributed by atoms with Gasteiger partial charge in [0.15, 0.2) is 0 Å². The second kappa shape index (κ2) is 4.75. The highest BCUT2D eigenvalue weighted by Gasteiger charge is 2.38. The van der Waals surface area contributed by atoms with Gasteiger partial charge < -0.3 is 14.7 Å². The van der Waals surface area contributed by atoms with Crippen LogP contribution in [-0.2, 0) is 11.3 Å². The van der Waals surface area contributed by atoms with Crippen LogP contribution in [0, 0.1) is 0 Å². The van der Waals surface area contributed by atoms with E-state index in [1.165, 1.54) is 0 Å². The number of hydrogen-bond acceptors (Lipinski definition) is 3. The van der Waals surface area contributed by atoms with Crippen LogP contribution in [0.15, 0.2) is 24.3 Å². The van der Waals surface area contributed by atoms with Crippen molar-refractivity contribution < 1.29 is 14.6 Å². The van der Waals surface area contributed by atoms with E-state index in [1.807, 2.05) is 38.1 Å². The molecule has 0 radical (unpaired) electrons. The lowest BCUT2D eigenvalue weighted by atomic mass is 10.0. The fourth-order valence-corrected chi connectivity index (χ4v) is 2.24. The molecule has 2 atom stereocenters. The van der Waals surface area contributed by atoms with Crippen molar-refractivity contribution in [3.63, 3.8) is 0 Å². The minimum Gasteiger partial charge on any atom is -0.439 e. The Hall–Kier alpha value is -1.55. The number of rotatable bonds is 3.